The number of ether oxygens (including phenoxy) is 1. The van der Waals surface area contributed by atoms with Gasteiger partial charge in [-0.25, -0.2) is 0 Å². The molecule has 0 N–H and O–H groups in total. The summed E-state index contributed by atoms with van der Waals surface area (Å²) in [6, 6.07) is 10.9. The second-order valence-corrected chi connectivity index (χ2v) is 5.58. The Balaban J connectivity index is 2.06. The molecule has 1 aromatic carbocycles. The zero-order chi connectivity index (χ0) is 12.3. The van der Waals surface area contributed by atoms with E-state index in [4.69, 9.17) is 16.3 Å². The first-order valence-electron chi connectivity index (χ1n) is 6.09. The fourth-order valence-electron chi connectivity index (χ4n) is 2.24. The maximum Gasteiger partial charge on any atom is 0.0753 e. The smallest absolute Gasteiger partial charge is 0.0753 e. The Morgan fingerprint density at radius 1 is 1.35 bits per heavy atom. The van der Waals surface area contributed by atoms with Gasteiger partial charge in [-0.15, -0.1) is 11.6 Å². The number of rotatable bonds is 3. The molecule has 1 aromatic rings. The Hall–Kier alpha value is -0.570. The molecule has 1 aliphatic rings. The van der Waals surface area contributed by atoms with Gasteiger partial charge in [0.25, 0.3) is 0 Å². The van der Waals surface area contributed by atoms with E-state index in [2.05, 4.69) is 43.0 Å². The van der Waals surface area contributed by atoms with Crippen molar-refractivity contribution in [3.8, 4) is 0 Å². The van der Waals surface area contributed by atoms with Crippen molar-refractivity contribution in [2.24, 2.45) is 0 Å². The Morgan fingerprint density at radius 3 is 2.71 bits per heavy atom. The number of benzene rings is 1. The van der Waals surface area contributed by atoms with Gasteiger partial charge in [0.1, 0.15) is 0 Å². The molecule has 1 heterocycles. The number of halogens is 1. The summed E-state index contributed by atoms with van der Waals surface area (Å²) in [5, 5.41) is 0. The molecule has 0 aromatic heterocycles. The molecule has 0 radical (unpaired) electrons. The first-order chi connectivity index (χ1) is 8.11. The van der Waals surface area contributed by atoms with Crippen LogP contribution >= 0.6 is 11.6 Å². The normalized spacial score (nSPS) is 24.8. The minimum absolute atomic E-state index is 0.0721. The summed E-state index contributed by atoms with van der Waals surface area (Å²) in [5.41, 5.74) is 1.26. The molecule has 0 spiro atoms. The quantitative estimate of drug-likeness (QED) is 0.768. The van der Waals surface area contributed by atoms with Crippen molar-refractivity contribution < 1.29 is 4.74 Å². The van der Waals surface area contributed by atoms with Crippen molar-refractivity contribution in [1.82, 2.24) is 4.90 Å². The molecular formula is C14H20ClNO. The van der Waals surface area contributed by atoms with E-state index in [-0.39, 0.29) is 5.60 Å². The molecule has 1 aliphatic heterocycles. The molecule has 2 nitrogen and oxygen atoms in total. The largest absolute Gasteiger partial charge is 0.373 e. The number of morpholine rings is 1. The lowest BCUT2D eigenvalue weighted by Gasteiger charge is -2.43. The van der Waals surface area contributed by atoms with Gasteiger partial charge in [-0.2, -0.15) is 0 Å². The molecule has 1 saturated heterocycles. The maximum absolute atomic E-state index is 6.01. The summed E-state index contributed by atoms with van der Waals surface area (Å²) in [7, 11) is 0. The number of hydrogen-bond acceptors (Lipinski definition) is 2. The van der Waals surface area contributed by atoms with Crippen molar-refractivity contribution in [1.29, 1.82) is 0 Å². The average Bonchev–Trinajstić information content (AvgIpc) is 2.30. The lowest BCUT2D eigenvalue weighted by Crippen LogP contribution is -2.54. The maximum atomic E-state index is 6.01. The number of hydrogen-bond donors (Lipinski definition) is 0. The lowest BCUT2D eigenvalue weighted by molar-refractivity contribution is -0.112. The van der Waals surface area contributed by atoms with Gasteiger partial charge in [-0.3, -0.25) is 4.90 Å². The van der Waals surface area contributed by atoms with Gasteiger partial charge >= 0.3 is 0 Å². The van der Waals surface area contributed by atoms with Crippen LogP contribution in [0.3, 0.4) is 0 Å². The monoisotopic (exact) mass is 253 g/mol. The van der Waals surface area contributed by atoms with Crippen LogP contribution in [-0.2, 0) is 11.3 Å². The molecule has 0 saturated carbocycles. The predicted octanol–water partition coefficient (Wildman–Crippen LogP) is 2.90. The van der Waals surface area contributed by atoms with Crippen molar-refractivity contribution in [3.05, 3.63) is 35.9 Å². The van der Waals surface area contributed by atoms with Crippen LogP contribution in [-0.4, -0.2) is 35.6 Å². The molecule has 0 amide bonds. The van der Waals surface area contributed by atoms with Gasteiger partial charge in [0.15, 0.2) is 0 Å². The topological polar surface area (TPSA) is 12.5 Å². The summed E-state index contributed by atoms with van der Waals surface area (Å²) < 4.78 is 5.81. The summed E-state index contributed by atoms with van der Waals surface area (Å²) in [4.78, 5) is 2.42. The van der Waals surface area contributed by atoms with Gasteiger partial charge in [-0.05, 0) is 19.4 Å². The summed E-state index contributed by atoms with van der Waals surface area (Å²) >= 11 is 6.01. The van der Waals surface area contributed by atoms with Crippen molar-refractivity contribution in [2.75, 3.05) is 19.0 Å². The fourth-order valence-corrected chi connectivity index (χ4v) is 2.52. The van der Waals surface area contributed by atoms with E-state index in [9.17, 15) is 0 Å². The average molecular weight is 254 g/mol. The Bertz CT molecular complexity index is 352. The fraction of sp³-hybridized carbons (Fsp3) is 0.571. The third-order valence-electron chi connectivity index (χ3n) is 3.17. The van der Waals surface area contributed by atoms with E-state index in [1.807, 2.05) is 6.07 Å². The Kier molecular flexibility index (Phi) is 4.08. The number of alkyl halides is 1. The van der Waals surface area contributed by atoms with Gasteiger partial charge in [0, 0.05) is 25.0 Å². The molecule has 1 atom stereocenters. The Labute approximate surface area is 109 Å². The first kappa shape index (κ1) is 12.9. The molecule has 2 rings (SSSR count). The second-order valence-electron chi connectivity index (χ2n) is 5.27. The van der Waals surface area contributed by atoms with Crippen molar-refractivity contribution in [3.63, 3.8) is 0 Å². The van der Waals surface area contributed by atoms with E-state index >= 15 is 0 Å². The molecule has 17 heavy (non-hydrogen) atoms. The van der Waals surface area contributed by atoms with Crippen LogP contribution in [0.1, 0.15) is 19.4 Å². The molecule has 94 valence electrons. The minimum atomic E-state index is -0.0721. The molecule has 0 unspecified atom stereocenters. The highest BCUT2D eigenvalue weighted by Gasteiger charge is 2.33. The SMILES string of the molecule is CC1(C)CN(Cc2ccccc2)[C@H](CCl)CO1. The van der Waals surface area contributed by atoms with E-state index in [1.165, 1.54) is 5.56 Å². The summed E-state index contributed by atoms with van der Waals surface area (Å²) in [6.07, 6.45) is 0. The zero-order valence-corrected chi connectivity index (χ0v) is 11.3. The molecule has 0 bridgehead atoms. The van der Waals surface area contributed by atoms with Crippen molar-refractivity contribution >= 4 is 11.6 Å². The highest BCUT2D eigenvalue weighted by atomic mass is 35.5. The predicted molar refractivity (Wildman–Crippen MR) is 71.4 cm³/mol. The van der Waals surface area contributed by atoms with Crippen LogP contribution in [0, 0.1) is 0 Å². The van der Waals surface area contributed by atoms with Crippen LogP contribution in [0.2, 0.25) is 0 Å². The van der Waals surface area contributed by atoms with Gasteiger partial charge in [0.05, 0.1) is 12.2 Å². The summed E-state index contributed by atoms with van der Waals surface area (Å²) in [5.74, 6) is 0.628. The highest BCUT2D eigenvalue weighted by Crippen LogP contribution is 2.23. The van der Waals surface area contributed by atoms with Crippen molar-refractivity contribution in [2.45, 2.75) is 32.0 Å². The van der Waals surface area contributed by atoms with Gasteiger partial charge < -0.3 is 4.74 Å². The minimum Gasteiger partial charge on any atom is -0.373 e. The molecular weight excluding hydrogens is 234 g/mol. The van der Waals surface area contributed by atoms with Crippen LogP contribution < -0.4 is 0 Å². The third-order valence-corrected chi connectivity index (χ3v) is 3.53. The Morgan fingerprint density at radius 2 is 2.06 bits per heavy atom. The molecule has 3 heteroatoms. The van der Waals surface area contributed by atoms with E-state index in [0.717, 1.165) is 19.7 Å². The van der Waals surface area contributed by atoms with E-state index < -0.39 is 0 Å². The van der Waals surface area contributed by atoms with Crippen LogP contribution in [0.5, 0.6) is 0 Å². The van der Waals surface area contributed by atoms with Crippen LogP contribution in [0.25, 0.3) is 0 Å². The first-order valence-corrected chi connectivity index (χ1v) is 6.62. The summed E-state index contributed by atoms with van der Waals surface area (Å²) in [6.45, 7) is 6.87. The zero-order valence-electron chi connectivity index (χ0n) is 10.5. The van der Waals surface area contributed by atoms with E-state index in [0.29, 0.717) is 11.9 Å². The lowest BCUT2D eigenvalue weighted by atomic mass is 10.0. The van der Waals surface area contributed by atoms with Crippen LogP contribution in [0.15, 0.2) is 30.3 Å². The second kappa shape index (κ2) is 5.38. The van der Waals surface area contributed by atoms with E-state index in [1.54, 1.807) is 0 Å². The highest BCUT2D eigenvalue weighted by molar-refractivity contribution is 6.18. The molecule has 0 aliphatic carbocycles. The van der Waals surface area contributed by atoms with Gasteiger partial charge in [0.2, 0.25) is 0 Å². The number of nitrogens with zero attached hydrogens (tertiary/aromatic N) is 1. The third kappa shape index (κ3) is 3.44. The van der Waals surface area contributed by atoms with Gasteiger partial charge in [-0.1, -0.05) is 30.3 Å². The molecule has 1 fully saturated rings. The van der Waals surface area contributed by atoms with Crippen LogP contribution in [0.4, 0.5) is 0 Å². The standard InChI is InChI=1S/C14H20ClNO/c1-14(2)11-16(13(8-15)10-17-14)9-12-6-4-3-5-7-12/h3-7,13H,8-11H2,1-2H3/t13-/m1/s1.